The van der Waals surface area contributed by atoms with Crippen LogP contribution in [0, 0.1) is 19.7 Å². The highest BCUT2D eigenvalue weighted by atomic mass is 32.2. The number of benzene rings is 2. The summed E-state index contributed by atoms with van der Waals surface area (Å²) in [5.41, 5.74) is 2.50. The minimum Gasteiger partial charge on any atom is -0.301 e. The van der Waals surface area contributed by atoms with E-state index in [1.807, 2.05) is 48.7 Å². The molecule has 0 unspecified atom stereocenters. The zero-order chi connectivity index (χ0) is 21.1. The number of nitrogens with zero attached hydrogens (tertiary/aromatic N) is 4. The molecular formula is C21H18FN5OS2. The van der Waals surface area contributed by atoms with Crippen LogP contribution in [0.5, 0.6) is 0 Å². The van der Waals surface area contributed by atoms with Gasteiger partial charge < -0.3 is 5.32 Å². The first kappa shape index (κ1) is 20.2. The van der Waals surface area contributed by atoms with Crippen LogP contribution >= 0.6 is 23.1 Å². The number of carbonyl (C=O) groups excluding carboxylic acids is 1. The van der Waals surface area contributed by atoms with E-state index < -0.39 is 0 Å². The van der Waals surface area contributed by atoms with Crippen LogP contribution in [0.1, 0.15) is 10.6 Å². The van der Waals surface area contributed by atoms with Gasteiger partial charge in [-0.2, -0.15) is 0 Å². The maximum absolute atomic E-state index is 13.4. The van der Waals surface area contributed by atoms with Crippen LogP contribution in [0.15, 0.2) is 59.8 Å². The van der Waals surface area contributed by atoms with E-state index in [2.05, 4.69) is 20.5 Å². The van der Waals surface area contributed by atoms with Crippen molar-refractivity contribution >= 4 is 34.1 Å². The van der Waals surface area contributed by atoms with Crippen LogP contribution in [0.2, 0.25) is 0 Å². The van der Waals surface area contributed by atoms with Crippen molar-refractivity contribution in [1.29, 1.82) is 0 Å². The summed E-state index contributed by atoms with van der Waals surface area (Å²) in [5.74, 6) is 0.255. The predicted octanol–water partition coefficient (Wildman–Crippen LogP) is 4.88. The molecular weight excluding hydrogens is 421 g/mol. The number of nitrogens with one attached hydrogen (secondary N) is 1. The van der Waals surface area contributed by atoms with E-state index >= 15 is 0 Å². The van der Waals surface area contributed by atoms with Gasteiger partial charge >= 0.3 is 0 Å². The third-order valence-electron chi connectivity index (χ3n) is 4.36. The molecule has 2 aromatic heterocycles. The van der Waals surface area contributed by atoms with E-state index in [1.165, 1.54) is 35.2 Å². The molecule has 1 amide bonds. The lowest BCUT2D eigenvalue weighted by atomic mass is 10.2. The fourth-order valence-corrected chi connectivity index (χ4v) is 4.35. The lowest BCUT2D eigenvalue weighted by Gasteiger charge is -2.10. The molecule has 0 radical (unpaired) electrons. The van der Waals surface area contributed by atoms with Crippen molar-refractivity contribution in [3.63, 3.8) is 0 Å². The SMILES string of the molecule is Cc1nc(NC(=O)CSc2nnc(-c3ccc(F)cc3)n2-c2ccccc2)sc1C. The molecule has 1 N–H and O–H groups in total. The molecule has 9 heteroatoms. The number of halogens is 1. The highest BCUT2D eigenvalue weighted by molar-refractivity contribution is 7.99. The Kier molecular flexibility index (Phi) is 5.91. The third-order valence-corrected chi connectivity index (χ3v) is 6.27. The number of thiazole rings is 1. The summed E-state index contributed by atoms with van der Waals surface area (Å²) in [7, 11) is 0. The number of aryl methyl sites for hydroxylation is 2. The summed E-state index contributed by atoms with van der Waals surface area (Å²) in [6.45, 7) is 3.88. The van der Waals surface area contributed by atoms with E-state index in [0.717, 1.165) is 21.8 Å². The zero-order valence-electron chi connectivity index (χ0n) is 16.3. The lowest BCUT2D eigenvalue weighted by Crippen LogP contribution is -2.14. The van der Waals surface area contributed by atoms with Gasteiger partial charge in [0.15, 0.2) is 16.1 Å². The molecule has 4 aromatic rings. The molecule has 2 heterocycles. The molecule has 30 heavy (non-hydrogen) atoms. The van der Waals surface area contributed by atoms with E-state index in [0.29, 0.717) is 16.1 Å². The van der Waals surface area contributed by atoms with Crippen molar-refractivity contribution in [3.8, 4) is 17.1 Å². The topological polar surface area (TPSA) is 72.7 Å². The van der Waals surface area contributed by atoms with Crippen molar-refractivity contribution in [2.24, 2.45) is 0 Å². The number of para-hydroxylation sites is 1. The van der Waals surface area contributed by atoms with E-state index in [-0.39, 0.29) is 17.5 Å². The van der Waals surface area contributed by atoms with Gasteiger partial charge in [-0.05, 0) is 50.2 Å². The normalized spacial score (nSPS) is 10.9. The Morgan fingerprint density at radius 3 is 2.50 bits per heavy atom. The number of hydrogen-bond acceptors (Lipinski definition) is 6. The zero-order valence-corrected chi connectivity index (χ0v) is 17.9. The van der Waals surface area contributed by atoms with Crippen molar-refractivity contribution in [1.82, 2.24) is 19.7 Å². The van der Waals surface area contributed by atoms with Gasteiger partial charge in [-0.15, -0.1) is 21.5 Å². The van der Waals surface area contributed by atoms with E-state index in [9.17, 15) is 9.18 Å². The van der Waals surface area contributed by atoms with Gasteiger partial charge in [-0.3, -0.25) is 9.36 Å². The molecule has 0 aliphatic rings. The molecule has 0 spiro atoms. The Balaban J connectivity index is 1.58. The monoisotopic (exact) mass is 439 g/mol. The minimum absolute atomic E-state index is 0.159. The number of carbonyl (C=O) groups is 1. The van der Waals surface area contributed by atoms with Crippen molar-refractivity contribution in [2.75, 3.05) is 11.1 Å². The predicted molar refractivity (Wildman–Crippen MR) is 118 cm³/mol. The summed E-state index contributed by atoms with van der Waals surface area (Å²) >= 11 is 2.73. The Bertz CT molecular complexity index is 1150. The van der Waals surface area contributed by atoms with Gasteiger partial charge in [0.1, 0.15) is 5.82 Å². The van der Waals surface area contributed by atoms with Crippen molar-refractivity contribution < 1.29 is 9.18 Å². The van der Waals surface area contributed by atoms with Crippen LogP contribution in [0.4, 0.5) is 9.52 Å². The Hall–Kier alpha value is -3.04. The minimum atomic E-state index is -0.316. The molecule has 0 bridgehead atoms. The molecule has 0 atom stereocenters. The summed E-state index contributed by atoms with van der Waals surface area (Å²) < 4.78 is 15.2. The highest BCUT2D eigenvalue weighted by Crippen LogP contribution is 2.28. The van der Waals surface area contributed by atoms with Gasteiger partial charge in [-0.1, -0.05) is 30.0 Å². The van der Waals surface area contributed by atoms with Crippen molar-refractivity contribution in [3.05, 3.63) is 71.0 Å². The number of anilines is 1. The fourth-order valence-electron chi connectivity index (χ4n) is 2.77. The van der Waals surface area contributed by atoms with Gasteiger partial charge in [0.2, 0.25) is 5.91 Å². The quantitative estimate of drug-likeness (QED) is 0.434. The molecule has 0 fully saturated rings. The van der Waals surface area contributed by atoms with Crippen molar-refractivity contribution in [2.45, 2.75) is 19.0 Å². The first-order chi connectivity index (χ1) is 14.5. The standard InChI is InChI=1S/C21H18FN5OS2/c1-13-14(2)30-20(23-13)24-18(28)12-29-21-26-25-19(15-8-10-16(22)11-9-15)27(21)17-6-4-3-5-7-17/h3-11H,12H2,1-2H3,(H,23,24,28). The second-order valence-corrected chi connectivity index (χ2v) is 8.63. The average Bonchev–Trinajstić information content (AvgIpc) is 3.30. The number of thioether (sulfide) groups is 1. The number of aromatic nitrogens is 4. The molecule has 0 saturated heterocycles. The van der Waals surface area contributed by atoms with Crippen LogP contribution in [-0.4, -0.2) is 31.4 Å². The molecule has 0 saturated carbocycles. The van der Waals surface area contributed by atoms with Gasteiger partial charge in [0.05, 0.1) is 11.4 Å². The Morgan fingerprint density at radius 1 is 1.10 bits per heavy atom. The molecule has 2 aromatic carbocycles. The highest BCUT2D eigenvalue weighted by Gasteiger charge is 2.18. The number of rotatable bonds is 6. The van der Waals surface area contributed by atoms with Gasteiger partial charge in [0, 0.05) is 16.1 Å². The maximum Gasteiger partial charge on any atom is 0.236 e. The second kappa shape index (κ2) is 8.76. The molecule has 4 rings (SSSR count). The first-order valence-electron chi connectivity index (χ1n) is 9.15. The van der Waals surface area contributed by atoms with E-state index in [4.69, 9.17) is 0 Å². The fraction of sp³-hybridized carbons (Fsp3) is 0.143. The molecule has 152 valence electrons. The first-order valence-corrected chi connectivity index (χ1v) is 10.9. The lowest BCUT2D eigenvalue weighted by molar-refractivity contribution is -0.113. The van der Waals surface area contributed by atoms with Crippen LogP contribution in [-0.2, 0) is 4.79 Å². The number of hydrogen-bond donors (Lipinski definition) is 1. The smallest absolute Gasteiger partial charge is 0.236 e. The van der Waals surface area contributed by atoms with E-state index in [1.54, 1.807) is 12.1 Å². The third kappa shape index (κ3) is 4.42. The summed E-state index contributed by atoms with van der Waals surface area (Å²) in [5, 5.41) is 12.6. The summed E-state index contributed by atoms with van der Waals surface area (Å²) in [6.07, 6.45) is 0. The van der Waals surface area contributed by atoms with Crippen LogP contribution in [0.25, 0.3) is 17.1 Å². The molecule has 6 nitrogen and oxygen atoms in total. The maximum atomic E-state index is 13.4. The van der Waals surface area contributed by atoms with Gasteiger partial charge in [-0.25, -0.2) is 9.37 Å². The second-order valence-electron chi connectivity index (χ2n) is 6.48. The average molecular weight is 440 g/mol. The Labute approximate surface area is 181 Å². The summed E-state index contributed by atoms with van der Waals surface area (Å²) in [4.78, 5) is 17.8. The largest absolute Gasteiger partial charge is 0.301 e. The molecule has 0 aliphatic heterocycles. The number of amides is 1. The molecule has 0 aliphatic carbocycles. The van der Waals surface area contributed by atoms with Crippen LogP contribution < -0.4 is 5.32 Å². The Morgan fingerprint density at radius 2 is 1.83 bits per heavy atom. The van der Waals surface area contributed by atoms with Gasteiger partial charge in [0.25, 0.3) is 0 Å². The summed E-state index contributed by atoms with van der Waals surface area (Å²) in [6, 6.07) is 15.7. The van der Waals surface area contributed by atoms with Crippen LogP contribution in [0.3, 0.4) is 0 Å².